The zero-order chi connectivity index (χ0) is 14.7. The van der Waals surface area contributed by atoms with Crippen molar-refractivity contribution < 1.29 is 4.39 Å². The zero-order valence-corrected chi connectivity index (χ0v) is 12.0. The Kier molecular flexibility index (Phi) is 4.34. The second-order valence-corrected chi connectivity index (χ2v) is 4.55. The Morgan fingerprint density at radius 3 is 2.50 bits per heavy atom. The minimum Gasteiger partial charge on any atom is -0.368 e. The van der Waals surface area contributed by atoms with Crippen molar-refractivity contribution in [2.75, 3.05) is 23.7 Å². The molecule has 0 saturated heterocycles. The third kappa shape index (κ3) is 2.96. The van der Waals surface area contributed by atoms with Crippen molar-refractivity contribution in [3.63, 3.8) is 0 Å². The summed E-state index contributed by atoms with van der Waals surface area (Å²) in [5, 5.41) is 0.317. The molecule has 0 atom stereocenters. The molecular weight excluding hydrogens is 281 g/mol. The Labute approximate surface area is 121 Å². The molecule has 0 fully saturated rings. The number of anilines is 2. The van der Waals surface area contributed by atoms with Gasteiger partial charge < -0.3 is 10.6 Å². The van der Waals surface area contributed by atoms with Crippen LogP contribution in [0.1, 0.15) is 13.8 Å². The van der Waals surface area contributed by atoms with Crippen LogP contribution in [0.4, 0.5) is 16.3 Å². The van der Waals surface area contributed by atoms with Crippen LogP contribution in [-0.2, 0) is 0 Å². The molecule has 2 N–H and O–H groups in total. The van der Waals surface area contributed by atoms with E-state index in [-0.39, 0.29) is 17.3 Å². The first-order valence-electron chi connectivity index (χ1n) is 6.27. The molecule has 1 aromatic heterocycles. The predicted octanol–water partition coefficient (Wildman–Crippen LogP) is 2.76. The molecule has 2 rings (SSSR count). The molecule has 0 aliphatic rings. The van der Waals surface area contributed by atoms with Gasteiger partial charge in [0.15, 0.2) is 5.82 Å². The third-order valence-corrected chi connectivity index (χ3v) is 3.09. The van der Waals surface area contributed by atoms with E-state index >= 15 is 0 Å². The largest absolute Gasteiger partial charge is 0.368 e. The van der Waals surface area contributed by atoms with Crippen LogP contribution in [0.5, 0.6) is 0 Å². The molecule has 1 aromatic carbocycles. The summed E-state index contributed by atoms with van der Waals surface area (Å²) in [5.74, 6) is 0.209. The molecule has 0 spiro atoms. The van der Waals surface area contributed by atoms with Gasteiger partial charge in [0.05, 0.1) is 5.56 Å². The highest BCUT2D eigenvalue weighted by atomic mass is 35.5. The number of benzene rings is 1. The molecule has 0 aliphatic carbocycles. The average Bonchev–Trinajstić information content (AvgIpc) is 2.39. The number of nitrogens with zero attached hydrogens (tertiary/aromatic N) is 4. The van der Waals surface area contributed by atoms with Crippen molar-refractivity contribution in [2.24, 2.45) is 0 Å². The molecule has 0 amide bonds. The second kappa shape index (κ2) is 6.00. The SMILES string of the molecule is CCN(CC)c1nc(N)nc(-c2ccc(Cl)cc2F)n1. The van der Waals surface area contributed by atoms with Gasteiger partial charge in [-0.1, -0.05) is 11.6 Å². The van der Waals surface area contributed by atoms with Crippen LogP contribution in [0.2, 0.25) is 5.02 Å². The molecule has 1 heterocycles. The predicted molar refractivity (Wildman–Crippen MR) is 78.2 cm³/mol. The smallest absolute Gasteiger partial charge is 0.230 e. The van der Waals surface area contributed by atoms with Crippen molar-refractivity contribution in [1.29, 1.82) is 0 Å². The average molecular weight is 296 g/mol. The van der Waals surface area contributed by atoms with Crippen LogP contribution in [0.3, 0.4) is 0 Å². The first kappa shape index (κ1) is 14.5. The van der Waals surface area contributed by atoms with Crippen molar-refractivity contribution in [3.8, 4) is 11.4 Å². The van der Waals surface area contributed by atoms with E-state index in [2.05, 4.69) is 15.0 Å². The summed E-state index contributed by atoms with van der Waals surface area (Å²) in [4.78, 5) is 14.3. The quantitative estimate of drug-likeness (QED) is 0.939. The summed E-state index contributed by atoms with van der Waals surface area (Å²) in [6.07, 6.45) is 0. The first-order valence-corrected chi connectivity index (χ1v) is 6.64. The lowest BCUT2D eigenvalue weighted by Crippen LogP contribution is -2.25. The maximum atomic E-state index is 13.9. The van der Waals surface area contributed by atoms with Crippen LogP contribution in [0.15, 0.2) is 18.2 Å². The fourth-order valence-corrected chi connectivity index (χ4v) is 1.98. The Bertz CT molecular complexity index is 616. The fourth-order valence-electron chi connectivity index (χ4n) is 1.82. The fraction of sp³-hybridized carbons (Fsp3) is 0.308. The van der Waals surface area contributed by atoms with E-state index in [9.17, 15) is 4.39 Å². The summed E-state index contributed by atoms with van der Waals surface area (Å²) < 4.78 is 13.9. The van der Waals surface area contributed by atoms with Gasteiger partial charge in [0.2, 0.25) is 11.9 Å². The minimum atomic E-state index is -0.492. The number of hydrogen-bond donors (Lipinski definition) is 1. The number of nitrogen functional groups attached to an aromatic ring is 1. The maximum absolute atomic E-state index is 13.9. The molecular formula is C13H15ClFN5. The van der Waals surface area contributed by atoms with Gasteiger partial charge in [0, 0.05) is 18.1 Å². The van der Waals surface area contributed by atoms with E-state index in [1.807, 2.05) is 18.7 Å². The van der Waals surface area contributed by atoms with Gasteiger partial charge in [-0.15, -0.1) is 0 Å². The van der Waals surface area contributed by atoms with Gasteiger partial charge in [-0.3, -0.25) is 0 Å². The van der Waals surface area contributed by atoms with Gasteiger partial charge in [0.1, 0.15) is 5.82 Å². The van der Waals surface area contributed by atoms with E-state index in [0.717, 1.165) is 13.1 Å². The minimum absolute atomic E-state index is 0.0613. The number of rotatable bonds is 4. The zero-order valence-electron chi connectivity index (χ0n) is 11.3. The lowest BCUT2D eigenvalue weighted by Gasteiger charge is -2.18. The van der Waals surface area contributed by atoms with Crippen molar-refractivity contribution in [3.05, 3.63) is 29.0 Å². The standard InChI is InChI=1S/C13H15ClFN5/c1-3-20(4-2)13-18-11(17-12(16)19-13)9-6-5-8(14)7-10(9)15/h5-7H,3-4H2,1-2H3,(H2,16,17,18,19). The highest BCUT2D eigenvalue weighted by Crippen LogP contribution is 2.24. The summed E-state index contributed by atoms with van der Waals surface area (Å²) in [6.45, 7) is 5.41. The molecule has 0 saturated carbocycles. The maximum Gasteiger partial charge on any atom is 0.230 e. The molecule has 5 nitrogen and oxygen atoms in total. The number of nitrogens with two attached hydrogens (primary N) is 1. The highest BCUT2D eigenvalue weighted by Gasteiger charge is 2.14. The lowest BCUT2D eigenvalue weighted by atomic mass is 10.2. The number of hydrogen-bond acceptors (Lipinski definition) is 5. The van der Waals surface area contributed by atoms with Crippen molar-refractivity contribution in [1.82, 2.24) is 15.0 Å². The number of halogens is 2. The van der Waals surface area contributed by atoms with E-state index in [1.54, 1.807) is 6.07 Å². The van der Waals surface area contributed by atoms with Crippen LogP contribution in [0.25, 0.3) is 11.4 Å². The third-order valence-electron chi connectivity index (χ3n) is 2.86. The van der Waals surface area contributed by atoms with E-state index in [0.29, 0.717) is 11.0 Å². The first-order chi connectivity index (χ1) is 9.55. The Morgan fingerprint density at radius 2 is 1.90 bits per heavy atom. The van der Waals surface area contributed by atoms with Gasteiger partial charge >= 0.3 is 0 Å². The Balaban J connectivity index is 2.51. The van der Waals surface area contributed by atoms with Crippen molar-refractivity contribution in [2.45, 2.75) is 13.8 Å². The molecule has 2 aromatic rings. The Hall–Kier alpha value is -1.95. The second-order valence-electron chi connectivity index (χ2n) is 4.11. The topological polar surface area (TPSA) is 67.9 Å². The van der Waals surface area contributed by atoms with E-state index in [1.165, 1.54) is 12.1 Å². The monoisotopic (exact) mass is 295 g/mol. The van der Waals surface area contributed by atoms with Crippen LogP contribution in [0, 0.1) is 5.82 Å². The van der Waals surface area contributed by atoms with Crippen LogP contribution < -0.4 is 10.6 Å². The van der Waals surface area contributed by atoms with Crippen molar-refractivity contribution >= 4 is 23.5 Å². The summed E-state index contributed by atoms with van der Waals surface area (Å²) in [5.41, 5.74) is 5.93. The van der Waals surface area contributed by atoms with Gasteiger partial charge in [-0.2, -0.15) is 15.0 Å². The summed E-state index contributed by atoms with van der Waals surface area (Å²) in [7, 11) is 0. The molecule has 0 radical (unpaired) electrons. The van der Waals surface area contributed by atoms with Crippen LogP contribution >= 0.6 is 11.6 Å². The number of aromatic nitrogens is 3. The normalized spacial score (nSPS) is 10.6. The van der Waals surface area contributed by atoms with Crippen LogP contribution in [-0.4, -0.2) is 28.0 Å². The summed E-state index contributed by atoms with van der Waals surface area (Å²) in [6, 6.07) is 4.32. The molecule has 0 bridgehead atoms. The van der Waals surface area contributed by atoms with Gasteiger partial charge in [-0.05, 0) is 32.0 Å². The van der Waals surface area contributed by atoms with Gasteiger partial charge in [-0.25, -0.2) is 4.39 Å². The lowest BCUT2D eigenvalue weighted by molar-refractivity contribution is 0.630. The summed E-state index contributed by atoms with van der Waals surface area (Å²) >= 11 is 5.74. The highest BCUT2D eigenvalue weighted by molar-refractivity contribution is 6.30. The molecule has 20 heavy (non-hydrogen) atoms. The van der Waals surface area contributed by atoms with E-state index < -0.39 is 5.82 Å². The molecule has 0 unspecified atom stereocenters. The van der Waals surface area contributed by atoms with E-state index in [4.69, 9.17) is 17.3 Å². The Morgan fingerprint density at radius 1 is 1.20 bits per heavy atom. The molecule has 7 heteroatoms. The molecule has 106 valence electrons. The van der Waals surface area contributed by atoms with Gasteiger partial charge in [0.25, 0.3) is 0 Å². The molecule has 0 aliphatic heterocycles.